The summed E-state index contributed by atoms with van der Waals surface area (Å²) in [6.07, 6.45) is 16.1. The monoisotopic (exact) mass is 757 g/mol. The van der Waals surface area contributed by atoms with Crippen LogP contribution in [0.2, 0.25) is 0 Å². The van der Waals surface area contributed by atoms with Crippen molar-refractivity contribution in [3.05, 3.63) is 123 Å². The van der Waals surface area contributed by atoms with Crippen LogP contribution in [-0.2, 0) is 47.1 Å². The molecule has 0 bridgehead atoms. The average molecular weight is 758 g/mol. The first-order valence-corrected chi connectivity index (χ1v) is 19.1. The fraction of sp³-hybridized carbons (Fsp3) is 0.222. The van der Waals surface area contributed by atoms with E-state index >= 15 is 0 Å². The molecule has 10 radical (unpaired) electrons. The zero-order chi connectivity index (χ0) is 34.6. The summed E-state index contributed by atoms with van der Waals surface area (Å²) in [7, 11) is -12.0. The third-order valence-electron chi connectivity index (χ3n) is 7.05. The molecule has 0 aromatic heterocycles. The van der Waals surface area contributed by atoms with Crippen LogP contribution >= 0.6 is 0 Å². The Hall–Kier alpha value is -2.63. The molecular formula is C36H35FeN3O6S3+2. The Morgan fingerprint density at radius 3 is 0.980 bits per heavy atom. The molecule has 49 heavy (non-hydrogen) atoms. The summed E-state index contributed by atoms with van der Waals surface area (Å²) in [6.45, 7) is 2.14. The molecule has 9 nitrogen and oxygen atoms in total. The van der Waals surface area contributed by atoms with Gasteiger partial charge in [0.2, 0.25) is 30.1 Å². The zero-order valence-corrected chi connectivity index (χ0v) is 30.5. The van der Waals surface area contributed by atoms with Crippen LogP contribution in [0.3, 0.4) is 0 Å². The van der Waals surface area contributed by atoms with Crippen molar-refractivity contribution in [2.24, 2.45) is 0 Å². The van der Waals surface area contributed by atoms with E-state index in [-0.39, 0.29) is 71.4 Å². The number of nitrogens with zero attached hydrogens (tertiary/aromatic N) is 3. The average Bonchev–Trinajstić information content (AvgIpc) is 3.82. The molecule has 1 heterocycles. The molecule has 3 aliphatic rings. The van der Waals surface area contributed by atoms with Gasteiger partial charge in [-0.05, 0) is 95.9 Å². The van der Waals surface area contributed by atoms with E-state index in [1.54, 1.807) is 37.1 Å². The molecule has 1 aliphatic heterocycles. The summed E-state index contributed by atoms with van der Waals surface area (Å²) in [4.78, 5) is 0.106. The predicted molar refractivity (Wildman–Crippen MR) is 186 cm³/mol. The zero-order valence-electron chi connectivity index (χ0n) is 26.9. The van der Waals surface area contributed by atoms with Gasteiger partial charge in [0.1, 0.15) is 5.25 Å². The van der Waals surface area contributed by atoms with Crippen molar-refractivity contribution in [1.82, 2.24) is 12.9 Å². The van der Waals surface area contributed by atoms with Crippen LogP contribution in [0.5, 0.6) is 0 Å². The van der Waals surface area contributed by atoms with Crippen LogP contribution in [0.4, 0.5) is 0 Å². The van der Waals surface area contributed by atoms with E-state index in [1.165, 1.54) is 37.1 Å². The summed E-state index contributed by atoms with van der Waals surface area (Å²) in [5.41, 5.74) is 1.78. The molecule has 0 unspecified atom stereocenters. The van der Waals surface area contributed by atoms with E-state index in [0.29, 0.717) is 0 Å². The molecule has 0 amide bonds. The summed E-state index contributed by atoms with van der Waals surface area (Å²) in [6, 6.07) is 12.7. The Morgan fingerprint density at radius 2 is 0.694 bits per heavy atom. The number of hydrogen-bond acceptors (Lipinski definition) is 6. The van der Waals surface area contributed by atoms with Crippen LogP contribution < -0.4 is 0 Å². The predicted octanol–water partition coefficient (Wildman–Crippen LogP) is 3.02. The van der Waals surface area contributed by atoms with Gasteiger partial charge in [0.05, 0.1) is 49.1 Å². The number of hydrogen-bond donors (Lipinski definition) is 0. The Kier molecular flexibility index (Phi) is 15.9. The molecular weight excluding hydrogens is 722 g/mol. The molecule has 0 N–H and O–H groups in total. The third-order valence-corrected chi connectivity index (χ3v) is 12.5. The first-order valence-electron chi connectivity index (χ1n) is 14.8. The standard InChI is InChI=1S/C31H30N3O6S3.C5H5.Fe/c1-27-13-17-30(18-14-27)42(37,38)33-23-7-5-21-32(41(35,36)29-11-3-4-12-29)22-6-8-24-34(26-10-9-25-33)43(39,40)31-19-15-28(2)16-20-31;1-2-4-5-3-1;/h3-4,11-20H,21-26H2,1-2H3;1-5H;/q;;+2. The van der Waals surface area contributed by atoms with Gasteiger partial charge in [0.25, 0.3) is 0 Å². The molecule has 2 fully saturated rings. The minimum absolute atomic E-state index is 0. The summed E-state index contributed by atoms with van der Waals surface area (Å²) >= 11 is 0. The van der Waals surface area contributed by atoms with Crippen molar-refractivity contribution in [3.63, 3.8) is 0 Å². The smallest absolute Gasteiger partial charge is 0.211 e. The molecule has 0 saturated heterocycles. The van der Waals surface area contributed by atoms with Crippen LogP contribution in [0.25, 0.3) is 0 Å². The van der Waals surface area contributed by atoms with Gasteiger partial charge in [0, 0.05) is 0 Å². The molecule has 0 atom stereocenters. The van der Waals surface area contributed by atoms with Crippen LogP contribution in [0.15, 0.2) is 58.3 Å². The summed E-state index contributed by atoms with van der Waals surface area (Å²) in [5, 5.41) is 0.0644. The summed E-state index contributed by atoms with van der Waals surface area (Å²) < 4.78 is 83.6. The van der Waals surface area contributed by atoms with Crippen molar-refractivity contribution in [2.75, 3.05) is 39.3 Å². The Labute approximate surface area is 304 Å². The van der Waals surface area contributed by atoms with E-state index in [9.17, 15) is 25.3 Å². The molecule has 2 aromatic carbocycles. The van der Waals surface area contributed by atoms with Crippen molar-refractivity contribution in [1.29, 1.82) is 0 Å². The van der Waals surface area contributed by atoms with Gasteiger partial charge < -0.3 is 0 Å². The van der Waals surface area contributed by atoms with E-state index in [2.05, 4.69) is 35.5 Å². The minimum Gasteiger partial charge on any atom is -0.211 e. The SMILES string of the molecule is Cc1ccc(S(=O)(=O)N2CC#CCN(S(=O)(=O)[C]3[CH][CH][CH][CH]3)CC#CCN(S(=O)(=O)c3ccc(C)cc3)CC#CC2)cc1.[CH]1[CH][CH][CH][CH]1.[Fe+2]. The first-order chi connectivity index (χ1) is 22.9. The van der Waals surface area contributed by atoms with Crippen LogP contribution in [0.1, 0.15) is 11.1 Å². The Balaban J connectivity index is 0.000000992. The number of sulfonamides is 3. The van der Waals surface area contributed by atoms with Gasteiger partial charge in [-0.3, -0.25) is 0 Å². The quantitative estimate of drug-likeness (QED) is 0.331. The van der Waals surface area contributed by atoms with Crippen molar-refractivity contribution >= 4 is 30.1 Å². The molecule has 2 aliphatic carbocycles. The van der Waals surface area contributed by atoms with Gasteiger partial charge >= 0.3 is 17.1 Å². The largest absolute Gasteiger partial charge is 2.00 e. The maximum absolute atomic E-state index is 13.5. The molecule has 13 heteroatoms. The van der Waals surface area contributed by atoms with E-state index in [4.69, 9.17) is 0 Å². The van der Waals surface area contributed by atoms with Gasteiger partial charge in [-0.25, -0.2) is 25.3 Å². The second kappa shape index (κ2) is 19.1. The van der Waals surface area contributed by atoms with Crippen LogP contribution in [-0.4, -0.2) is 77.4 Å². The molecule has 2 saturated carbocycles. The van der Waals surface area contributed by atoms with Crippen molar-refractivity contribution in [3.8, 4) is 35.5 Å². The minimum atomic E-state index is -4.02. The van der Waals surface area contributed by atoms with Crippen molar-refractivity contribution in [2.45, 2.75) is 23.6 Å². The Morgan fingerprint density at radius 1 is 0.429 bits per heavy atom. The van der Waals surface area contributed by atoms with E-state index in [0.717, 1.165) is 24.0 Å². The fourth-order valence-corrected chi connectivity index (χ4v) is 8.02. The van der Waals surface area contributed by atoms with Crippen LogP contribution in [0, 0.1) is 112 Å². The third kappa shape index (κ3) is 11.4. The normalized spacial score (nSPS) is 18.8. The molecule has 254 valence electrons. The summed E-state index contributed by atoms with van der Waals surface area (Å²) in [5.74, 6) is 16.6. The maximum atomic E-state index is 13.5. The van der Waals surface area contributed by atoms with Gasteiger partial charge in [0.15, 0.2) is 0 Å². The second-order valence-corrected chi connectivity index (χ2v) is 16.4. The van der Waals surface area contributed by atoms with Gasteiger partial charge in [-0.15, -0.1) is 0 Å². The number of aryl methyl sites for hydroxylation is 2. The van der Waals surface area contributed by atoms with Gasteiger partial charge in [-0.2, -0.15) is 12.9 Å². The Bertz CT molecular complexity index is 1790. The fourth-order valence-electron chi connectivity index (χ4n) is 4.26. The topological polar surface area (TPSA) is 112 Å². The molecule has 2 aromatic rings. The van der Waals surface area contributed by atoms with Crippen molar-refractivity contribution < 1.29 is 42.3 Å². The molecule has 5 rings (SSSR count). The maximum Gasteiger partial charge on any atom is 2.00 e. The second-order valence-electron chi connectivity index (χ2n) is 10.6. The number of rotatable bonds is 6. The number of benzene rings is 2. The first kappa shape index (κ1) is 40.8. The van der Waals surface area contributed by atoms with E-state index < -0.39 is 30.1 Å². The van der Waals surface area contributed by atoms with E-state index in [1.807, 2.05) is 46.0 Å². The van der Waals surface area contributed by atoms with Gasteiger partial charge in [-0.1, -0.05) is 70.9 Å². The molecule has 0 spiro atoms.